The second-order valence-corrected chi connectivity index (χ2v) is 13.2. The summed E-state index contributed by atoms with van der Waals surface area (Å²) >= 11 is 0. The molecule has 2 atom stereocenters. The van der Waals surface area contributed by atoms with Gasteiger partial charge in [-0.25, -0.2) is 0 Å². The minimum atomic E-state index is -1.87. The van der Waals surface area contributed by atoms with Crippen molar-refractivity contribution in [2.24, 2.45) is 0 Å². The predicted octanol–water partition coefficient (Wildman–Crippen LogP) is 4.68. The minimum Gasteiger partial charge on any atom is -0.410 e. The number of benzene rings is 1. The van der Waals surface area contributed by atoms with Gasteiger partial charge in [-0.1, -0.05) is 44.5 Å². The summed E-state index contributed by atoms with van der Waals surface area (Å²) < 4.78 is 18.8. The molecule has 0 bridgehead atoms. The highest BCUT2D eigenvalue weighted by atomic mass is 32.2. The van der Waals surface area contributed by atoms with E-state index in [0.717, 1.165) is 4.90 Å². The molecule has 1 rings (SSSR count). The van der Waals surface area contributed by atoms with Crippen LogP contribution < -0.4 is 0 Å². The van der Waals surface area contributed by atoms with Gasteiger partial charge < -0.3 is 4.43 Å². The van der Waals surface area contributed by atoms with Crippen molar-refractivity contribution in [3.8, 4) is 0 Å². The molecule has 0 aliphatic carbocycles. The molecule has 0 N–H and O–H groups in total. The molecule has 118 valence electrons. The highest BCUT2D eigenvalue weighted by Gasteiger charge is 2.38. The van der Waals surface area contributed by atoms with Gasteiger partial charge in [0, 0.05) is 4.90 Å². The molecular formula is C17H28O2SSi. The van der Waals surface area contributed by atoms with E-state index in [4.69, 9.17) is 4.43 Å². The SMILES string of the molecule is C=C[C@H](C[S@@](=O)c1ccc(C)cc1)O[Si](C)(C)C(C)(C)C. The van der Waals surface area contributed by atoms with E-state index < -0.39 is 19.1 Å². The van der Waals surface area contributed by atoms with Crippen molar-refractivity contribution in [1.82, 2.24) is 0 Å². The Kier molecular flexibility index (Phi) is 6.14. The molecule has 1 aromatic rings. The molecule has 0 saturated heterocycles. The number of rotatable bonds is 6. The van der Waals surface area contributed by atoms with Crippen LogP contribution in [0.5, 0.6) is 0 Å². The van der Waals surface area contributed by atoms with E-state index >= 15 is 0 Å². The Morgan fingerprint density at radius 1 is 1.29 bits per heavy atom. The maximum absolute atomic E-state index is 12.5. The molecule has 0 radical (unpaired) electrons. The van der Waals surface area contributed by atoms with Gasteiger partial charge in [0.2, 0.25) is 0 Å². The number of hydrogen-bond donors (Lipinski definition) is 0. The molecule has 4 heteroatoms. The second kappa shape index (κ2) is 7.03. The first-order valence-corrected chi connectivity index (χ1v) is 11.5. The quantitative estimate of drug-likeness (QED) is 0.561. The molecule has 2 nitrogen and oxygen atoms in total. The fourth-order valence-electron chi connectivity index (χ4n) is 1.64. The Balaban J connectivity index is 2.77. The molecule has 0 aliphatic rings. The smallest absolute Gasteiger partial charge is 0.192 e. The summed E-state index contributed by atoms with van der Waals surface area (Å²) in [4.78, 5) is 0.853. The van der Waals surface area contributed by atoms with Gasteiger partial charge in [0.05, 0.1) is 22.7 Å². The van der Waals surface area contributed by atoms with Crippen LogP contribution in [0.3, 0.4) is 0 Å². The van der Waals surface area contributed by atoms with Gasteiger partial charge in [0.1, 0.15) is 0 Å². The standard InChI is InChI=1S/C17H28O2SSi/c1-8-15(19-21(6,7)17(3,4)5)13-20(18)16-11-9-14(2)10-12-16/h8-12,15H,1,13H2,2-7H3/t15-,20-/m1/s1. The van der Waals surface area contributed by atoms with Crippen LogP contribution >= 0.6 is 0 Å². The summed E-state index contributed by atoms with van der Waals surface area (Å²) in [5.74, 6) is 0.471. The van der Waals surface area contributed by atoms with Gasteiger partial charge >= 0.3 is 0 Å². The molecule has 0 spiro atoms. The highest BCUT2D eigenvalue weighted by molar-refractivity contribution is 7.85. The third-order valence-corrected chi connectivity index (χ3v) is 10.0. The van der Waals surface area contributed by atoms with Crippen molar-refractivity contribution >= 4 is 19.1 Å². The summed E-state index contributed by atoms with van der Waals surface area (Å²) in [6.07, 6.45) is 1.63. The van der Waals surface area contributed by atoms with Gasteiger partial charge in [-0.05, 0) is 37.2 Å². The Hall–Kier alpha value is -0.713. The summed E-state index contributed by atoms with van der Waals surface area (Å²) in [6, 6.07) is 7.84. The molecule has 0 unspecified atom stereocenters. The van der Waals surface area contributed by atoms with E-state index in [1.807, 2.05) is 31.2 Å². The summed E-state index contributed by atoms with van der Waals surface area (Å²) in [5.41, 5.74) is 1.17. The largest absolute Gasteiger partial charge is 0.410 e. The number of hydrogen-bond acceptors (Lipinski definition) is 2. The van der Waals surface area contributed by atoms with Gasteiger partial charge in [-0.3, -0.25) is 4.21 Å². The molecule has 0 amide bonds. The lowest BCUT2D eigenvalue weighted by Crippen LogP contribution is -2.44. The van der Waals surface area contributed by atoms with Crippen molar-refractivity contribution < 1.29 is 8.63 Å². The van der Waals surface area contributed by atoms with Crippen LogP contribution in [0, 0.1) is 6.92 Å². The lowest BCUT2D eigenvalue weighted by Gasteiger charge is -2.38. The monoisotopic (exact) mass is 324 g/mol. The van der Waals surface area contributed by atoms with Crippen LogP contribution in [-0.2, 0) is 15.2 Å². The summed E-state index contributed by atoms with van der Waals surface area (Å²) in [5, 5.41) is 0.139. The third-order valence-electron chi connectivity index (χ3n) is 4.11. The Morgan fingerprint density at radius 3 is 2.24 bits per heavy atom. The van der Waals surface area contributed by atoms with E-state index in [2.05, 4.69) is 40.4 Å². The molecule has 0 aliphatic heterocycles. The normalized spacial score (nSPS) is 15.5. The zero-order chi connectivity index (χ0) is 16.3. The van der Waals surface area contributed by atoms with E-state index in [1.165, 1.54) is 5.56 Å². The first-order chi connectivity index (χ1) is 9.56. The van der Waals surface area contributed by atoms with Crippen LogP contribution in [0.25, 0.3) is 0 Å². The molecule has 0 aromatic heterocycles. The van der Waals surface area contributed by atoms with Gasteiger partial charge in [-0.2, -0.15) is 0 Å². The first-order valence-electron chi connectivity index (χ1n) is 7.32. The van der Waals surface area contributed by atoms with Crippen molar-refractivity contribution in [3.63, 3.8) is 0 Å². The number of aryl methyl sites for hydroxylation is 1. The van der Waals surface area contributed by atoms with E-state index in [-0.39, 0.29) is 11.1 Å². The summed E-state index contributed by atoms with van der Waals surface area (Å²) in [7, 11) is -2.93. The van der Waals surface area contributed by atoms with Crippen LogP contribution in [0.15, 0.2) is 41.8 Å². The molecule has 0 saturated carbocycles. The molecule has 0 fully saturated rings. The van der Waals surface area contributed by atoms with E-state index in [0.29, 0.717) is 5.75 Å². The maximum atomic E-state index is 12.5. The summed E-state index contributed by atoms with van der Waals surface area (Å²) in [6.45, 7) is 16.9. The fourth-order valence-corrected chi connectivity index (χ4v) is 4.19. The topological polar surface area (TPSA) is 26.3 Å². The fraction of sp³-hybridized carbons (Fsp3) is 0.529. The minimum absolute atomic E-state index is 0.139. The Bertz CT molecular complexity index is 501. The Labute approximate surface area is 133 Å². The maximum Gasteiger partial charge on any atom is 0.192 e. The van der Waals surface area contributed by atoms with Gasteiger partial charge in [0.15, 0.2) is 8.32 Å². The average Bonchev–Trinajstić information content (AvgIpc) is 2.37. The zero-order valence-electron chi connectivity index (χ0n) is 14.1. The lowest BCUT2D eigenvalue weighted by atomic mass is 10.2. The first kappa shape index (κ1) is 18.3. The van der Waals surface area contributed by atoms with Crippen molar-refractivity contribution in [2.75, 3.05) is 5.75 Å². The lowest BCUT2D eigenvalue weighted by molar-refractivity contribution is 0.246. The zero-order valence-corrected chi connectivity index (χ0v) is 15.9. The average molecular weight is 325 g/mol. The van der Waals surface area contributed by atoms with Gasteiger partial charge in [0.25, 0.3) is 0 Å². The molecule has 0 heterocycles. The molecule has 1 aromatic carbocycles. The van der Waals surface area contributed by atoms with E-state index in [9.17, 15) is 4.21 Å². The van der Waals surface area contributed by atoms with Crippen LogP contribution in [-0.4, -0.2) is 24.4 Å². The predicted molar refractivity (Wildman–Crippen MR) is 94.7 cm³/mol. The van der Waals surface area contributed by atoms with E-state index in [1.54, 1.807) is 6.08 Å². The molecular weight excluding hydrogens is 296 g/mol. The van der Waals surface area contributed by atoms with Crippen molar-refractivity contribution in [2.45, 2.75) is 56.8 Å². The van der Waals surface area contributed by atoms with Crippen LogP contribution in [0.4, 0.5) is 0 Å². The third kappa shape index (κ3) is 5.20. The Morgan fingerprint density at radius 2 is 1.81 bits per heavy atom. The highest BCUT2D eigenvalue weighted by Crippen LogP contribution is 2.37. The molecule has 21 heavy (non-hydrogen) atoms. The van der Waals surface area contributed by atoms with Crippen LogP contribution in [0.2, 0.25) is 18.1 Å². The van der Waals surface area contributed by atoms with Crippen molar-refractivity contribution in [3.05, 3.63) is 42.5 Å². The van der Waals surface area contributed by atoms with Crippen molar-refractivity contribution in [1.29, 1.82) is 0 Å². The van der Waals surface area contributed by atoms with Gasteiger partial charge in [-0.15, -0.1) is 6.58 Å². The van der Waals surface area contributed by atoms with Crippen LogP contribution in [0.1, 0.15) is 26.3 Å². The second-order valence-electron chi connectivity index (χ2n) is 6.98.